The Bertz CT molecular complexity index is 943. The van der Waals surface area contributed by atoms with Gasteiger partial charge in [0, 0.05) is 28.5 Å². The molecule has 5 heteroatoms. The van der Waals surface area contributed by atoms with Crippen LogP contribution in [0.4, 0.5) is 0 Å². The Labute approximate surface area is 131 Å². The first-order valence-electron chi connectivity index (χ1n) is 6.83. The van der Waals surface area contributed by atoms with Gasteiger partial charge >= 0.3 is 5.97 Å². The predicted octanol–water partition coefficient (Wildman–Crippen LogP) is 4.10. The second kappa shape index (κ2) is 4.52. The zero-order chi connectivity index (χ0) is 15.4. The number of aromatic nitrogens is 1. The average Bonchev–Trinajstić information content (AvgIpc) is 3.02. The van der Waals surface area contributed by atoms with E-state index in [1.807, 2.05) is 12.1 Å². The van der Waals surface area contributed by atoms with Gasteiger partial charge in [-0.1, -0.05) is 23.7 Å². The Morgan fingerprint density at radius 3 is 2.86 bits per heavy atom. The van der Waals surface area contributed by atoms with Crippen molar-refractivity contribution in [3.05, 3.63) is 52.0 Å². The SMILES string of the molecule is COc1cc(Cl)cc2c3c([nH]c12)-c1cccc(C(=O)O)c1C3. The minimum absolute atomic E-state index is 0.351. The summed E-state index contributed by atoms with van der Waals surface area (Å²) in [5, 5.41) is 10.9. The van der Waals surface area contributed by atoms with Crippen LogP contribution in [0.2, 0.25) is 5.02 Å². The normalized spacial score (nSPS) is 12.3. The highest BCUT2D eigenvalue weighted by Gasteiger charge is 2.28. The van der Waals surface area contributed by atoms with Crippen LogP contribution in [0.5, 0.6) is 5.75 Å². The molecule has 1 heterocycles. The van der Waals surface area contributed by atoms with Gasteiger partial charge in [0.25, 0.3) is 0 Å². The van der Waals surface area contributed by atoms with E-state index in [1.54, 1.807) is 25.3 Å². The van der Waals surface area contributed by atoms with E-state index in [2.05, 4.69) is 4.98 Å². The van der Waals surface area contributed by atoms with Crippen LogP contribution in [0.3, 0.4) is 0 Å². The summed E-state index contributed by atoms with van der Waals surface area (Å²) in [6, 6.07) is 9.01. The van der Waals surface area contributed by atoms with Crippen LogP contribution in [0.15, 0.2) is 30.3 Å². The lowest BCUT2D eigenvalue weighted by molar-refractivity contribution is 0.0696. The number of ether oxygens (including phenoxy) is 1. The van der Waals surface area contributed by atoms with Gasteiger partial charge in [0.05, 0.1) is 23.9 Å². The second-order valence-corrected chi connectivity index (χ2v) is 5.76. The Morgan fingerprint density at radius 2 is 2.14 bits per heavy atom. The lowest BCUT2D eigenvalue weighted by Gasteiger charge is -2.06. The fourth-order valence-electron chi connectivity index (χ4n) is 3.25. The van der Waals surface area contributed by atoms with Gasteiger partial charge in [-0.3, -0.25) is 0 Å². The molecule has 4 nitrogen and oxygen atoms in total. The smallest absolute Gasteiger partial charge is 0.335 e. The van der Waals surface area contributed by atoms with Crippen LogP contribution in [0.25, 0.3) is 22.2 Å². The van der Waals surface area contributed by atoms with Crippen molar-refractivity contribution in [2.24, 2.45) is 0 Å². The Hall–Kier alpha value is -2.46. The van der Waals surface area contributed by atoms with E-state index in [0.29, 0.717) is 22.8 Å². The first-order valence-corrected chi connectivity index (χ1v) is 7.21. The topological polar surface area (TPSA) is 62.3 Å². The summed E-state index contributed by atoms with van der Waals surface area (Å²) in [7, 11) is 1.60. The summed E-state index contributed by atoms with van der Waals surface area (Å²) in [4.78, 5) is 14.8. The number of benzene rings is 2. The number of nitrogens with one attached hydrogen (secondary N) is 1. The lowest BCUT2D eigenvalue weighted by atomic mass is 10.0. The quantitative estimate of drug-likeness (QED) is 0.585. The molecule has 0 fully saturated rings. The Morgan fingerprint density at radius 1 is 1.32 bits per heavy atom. The Balaban J connectivity index is 2.03. The van der Waals surface area contributed by atoms with Gasteiger partial charge in [0.15, 0.2) is 0 Å². The van der Waals surface area contributed by atoms with Gasteiger partial charge in [0.2, 0.25) is 0 Å². The number of hydrogen-bond donors (Lipinski definition) is 2. The summed E-state index contributed by atoms with van der Waals surface area (Å²) in [5.41, 5.74) is 5.04. The zero-order valence-electron chi connectivity index (χ0n) is 11.7. The molecule has 0 bridgehead atoms. The number of methoxy groups -OCH3 is 1. The molecule has 2 aromatic carbocycles. The van der Waals surface area contributed by atoms with E-state index in [4.69, 9.17) is 16.3 Å². The molecule has 3 aromatic rings. The number of carbonyl (C=O) groups is 1. The first kappa shape index (κ1) is 13.2. The monoisotopic (exact) mass is 313 g/mol. The zero-order valence-corrected chi connectivity index (χ0v) is 12.5. The summed E-state index contributed by atoms with van der Waals surface area (Å²) >= 11 is 6.17. The molecule has 0 atom stereocenters. The maximum Gasteiger partial charge on any atom is 0.335 e. The molecule has 0 saturated heterocycles. The maximum atomic E-state index is 11.4. The standard InChI is InChI=1S/C17H12ClNO3/c1-22-14-6-8(18)5-12-13-7-11-9(15(13)19-16(12)14)3-2-4-10(11)17(20)21/h2-6,19H,7H2,1H3,(H,20,21). The van der Waals surface area contributed by atoms with Gasteiger partial charge in [-0.2, -0.15) is 0 Å². The van der Waals surface area contributed by atoms with E-state index in [0.717, 1.165) is 33.3 Å². The van der Waals surface area contributed by atoms with Crippen LogP contribution in [-0.4, -0.2) is 23.2 Å². The minimum atomic E-state index is -0.901. The largest absolute Gasteiger partial charge is 0.495 e. The molecule has 110 valence electrons. The third-order valence-electron chi connectivity index (χ3n) is 4.19. The molecule has 1 aliphatic rings. The van der Waals surface area contributed by atoms with Crippen molar-refractivity contribution < 1.29 is 14.6 Å². The number of carboxylic acid groups (broad SMARTS) is 1. The molecule has 2 N–H and O–H groups in total. The highest BCUT2D eigenvalue weighted by Crippen LogP contribution is 2.44. The van der Waals surface area contributed by atoms with E-state index in [9.17, 15) is 9.90 Å². The third-order valence-corrected chi connectivity index (χ3v) is 4.41. The Kier molecular flexibility index (Phi) is 2.71. The molecule has 1 aromatic heterocycles. The van der Waals surface area contributed by atoms with Crippen LogP contribution in [0, 0.1) is 0 Å². The average molecular weight is 314 g/mol. The molecule has 1 aliphatic carbocycles. The van der Waals surface area contributed by atoms with Crippen molar-refractivity contribution in [1.82, 2.24) is 4.98 Å². The number of hydrogen-bond acceptors (Lipinski definition) is 2. The molecular weight excluding hydrogens is 302 g/mol. The van der Waals surface area contributed by atoms with E-state index < -0.39 is 5.97 Å². The van der Waals surface area contributed by atoms with Crippen molar-refractivity contribution in [2.45, 2.75) is 6.42 Å². The predicted molar refractivity (Wildman–Crippen MR) is 85.1 cm³/mol. The van der Waals surface area contributed by atoms with E-state index >= 15 is 0 Å². The number of rotatable bonds is 2. The van der Waals surface area contributed by atoms with Crippen molar-refractivity contribution in [1.29, 1.82) is 0 Å². The molecule has 0 aliphatic heterocycles. The molecule has 0 saturated carbocycles. The number of aromatic amines is 1. The van der Waals surface area contributed by atoms with Gasteiger partial charge in [0.1, 0.15) is 5.75 Å². The van der Waals surface area contributed by atoms with Gasteiger partial charge < -0.3 is 14.8 Å². The number of carboxylic acids is 1. The van der Waals surface area contributed by atoms with E-state index in [-0.39, 0.29) is 0 Å². The van der Waals surface area contributed by atoms with E-state index in [1.165, 1.54) is 0 Å². The molecule has 0 radical (unpaired) electrons. The highest BCUT2D eigenvalue weighted by molar-refractivity contribution is 6.31. The second-order valence-electron chi connectivity index (χ2n) is 5.32. The number of fused-ring (bicyclic) bond motifs is 5. The molecule has 0 amide bonds. The van der Waals surface area contributed by atoms with Crippen molar-refractivity contribution >= 4 is 28.5 Å². The number of aromatic carboxylic acids is 1. The van der Waals surface area contributed by atoms with Crippen molar-refractivity contribution in [3.8, 4) is 17.0 Å². The van der Waals surface area contributed by atoms with Crippen LogP contribution in [0.1, 0.15) is 21.5 Å². The lowest BCUT2D eigenvalue weighted by Crippen LogP contribution is -2.01. The molecule has 0 spiro atoms. The summed E-state index contributed by atoms with van der Waals surface area (Å²) in [5.74, 6) is -0.213. The number of H-pyrrole nitrogens is 1. The third kappa shape index (κ3) is 1.67. The van der Waals surface area contributed by atoms with Gasteiger partial charge in [-0.05, 0) is 23.3 Å². The van der Waals surface area contributed by atoms with Gasteiger partial charge in [-0.15, -0.1) is 0 Å². The summed E-state index contributed by atoms with van der Waals surface area (Å²) < 4.78 is 5.39. The fraction of sp³-hybridized carbons (Fsp3) is 0.118. The molecular formula is C17H12ClNO3. The maximum absolute atomic E-state index is 11.4. The van der Waals surface area contributed by atoms with Crippen molar-refractivity contribution in [2.75, 3.05) is 7.11 Å². The van der Waals surface area contributed by atoms with Gasteiger partial charge in [-0.25, -0.2) is 4.79 Å². The first-order chi connectivity index (χ1) is 10.6. The fourth-order valence-corrected chi connectivity index (χ4v) is 3.46. The summed E-state index contributed by atoms with van der Waals surface area (Å²) in [6.07, 6.45) is 0.580. The molecule has 4 rings (SSSR count). The minimum Gasteiger partial charge on any atom is -0.495 e. The van der Waals surface area contributed by atoms with Crippen LogP contribution < -0.4 is 4.74 Å². The van der Waals surface area contributed by atoms with Crippen LogP contribution >= 0.6 is 11.6 Å². The summed E-state index contributed by atoms with van der Waals surface area (Å²) in [6.45, 7) is 0. The molecule has 0 unspecified atom stereocenters. The van der Waals surface area contributed by atoms with Crippen molar-refractivity contribution in [3.63, 3.8) is 0 Å². The molecule has 22 heavy (non-hydrogen) atoms. The van der Waals surface area contributed by atoms with Crippen LogP contribution in [-0.2, 0) is 6.42 Å². The highest BCUT2D eigenvalue weighted by atomic mass is 35.5. The number of halogens is 1.